The van der Waals surface area contributed by atoms with Crippen molar-refractivity contribution in [3.63, 3.8) is 0 Å². The normalized spacial score (nSPS) is 17.1. The molecule has 3 aromatic heterocycles. The molecule has 1 aliphatic carbocycles. The number of nitrogens with zero attached hydrogens (tertiary/aromatic N) is 6. The van der Waals surface area contributed by atoms with Crippen molar-refractivity contribution >= 4 is 5.65 Å². The maximum atomic E-state index is 9.26. The molecule has 32 heavy (non-hydrogen) atoms. The summed E-state index contributed by atoms with van der Waals surface area (Å²) >= 11 is 0. The summed E-state index contributed by atoms with van der Waals surface area (Å²) in [6.07, 6.45) is 6.17. The highest BCUT2D eigenvalue weighted by atomic mass is 16.5. The quantitative estimate of drug-likeness (QED) is 0.460. The number of benzene rings is 1. The minimum Gasteiger partial charge on any atom is -0.495 e. The molecular weight excluding hydrogens is 408 g/mol. The molecule has 160 valence electrons. The third-order valence-corrected chi connectivity index (χ3v) is 5.74. The van der Waals surface area contributed by atoms with E-state index in [1.165, 1.54) is 7.11 Å². The predicted molar refractivity (Wildman–Crippen MR) is 115 cm³/mol. The molecule has 5 rings (SSSR count). The topological polar surface area (TPSA) is 107 Å². The number of methoxy groups -OCH3 is 3. The molecule has 1 aromatic carbocycles. The molecule has 0 N–H and O–H groups in total. The molecule has 0 bridgehead atoms. The molecule has 9 heteroatoms. The van der Waals surface area contributed by atoms with E-state index >= 15 is 0 Å². The SMILES string of the molecule is COc1ncc(-c2cc([C@H]3C[C@@H]3c3ccc(C#N)c(OC)c3)c3nccn3n2)c(OC)n1. The van der Waals surface area contributed by atoms with E-state index in [1.54, 1.807) is 31.1 Å². The van der Waals surface area contributed by atoms with Crippen LogP contribution in [0.2, 0.25) is 0 Å². The van der Waals surface area contributed by atoms with Crippen LogP contribution in [0.4, 0.5) is 0 Å². The number of hydrogen-bond donors (Lipinski definition) is 0. The molecular formula is C23H20N6O3. The van der Waals surface area contributed by atoms with Crippen LogP contribution >= 0.6 is 0 Å². The van der Waals surface area contributed by atoms with Gasteiger partial charge in [-0.25, -0.2) is 14.5 Å². The van der Waals surface area contributed by atoms with Gasteiger partial charge in [-0.15, -0.1) is 0 Å². The van der Waals surface area contributed by atoms with Crippen molar-refractivity contribution in [1.82, 2.24) is 24.6 Å². The van der Waals surface area contributed by atoms with Crippen molar-refractivity contribution in [2.24, 2.45) is 0 Å². The second-order valence-corrected chi connectivity index (χ2v) is 7.48. The lowest BCUT2D eigenvalue weighted by Crippen LogP contribution is -2.02. The molecule has 0 spiro atoms. The Kier molecular flexibility index (Phi) is 4.82. The standard InChI is InChI=1S/C23H20N6O3/c1-30-20-8-13(4-5-14(20)11-24)15-9-16(15)17-10-19(28-29-7-6-25-21(17)29)18-12-26-23(32-3)27-22(18)31-2/h4-8,10,12,15-16H,9H2,1-3H3/t15-,16+/m1/s1. The zero-order valence-electron chi connectivity index (χ0n) is 17.8. The van der Waals surface area contributed by atoms with Gasteiger partial charge in [0.2, 0.25) is 5.88 Å². The third-order valence-electron chi connectivity index (χ3n) is 5.74. The molecule has 3 heterocycles. The highest BCUT2D eigenvalue weighted by Crippen LogP contribution is 2.56. The summed E-state index contributed by atoms with van der Waals surface area (Å²) in [6, 6.07) is 10.2. The first-order chi connectivity index (χ1) is 15.7. The van der Waals surface area contributed by atoms with Crippen molar-refractivity contribution in [2.45, 2.75) is 18.3 Å². The number of ether oxygens (including phenoxy) is 3. The molecule has 0 unspecified atom stereocenters. The van der Waals surface area contributed by atoms with Crippen LogP contribution in [0.5, 0.6) is 17.6 Å². The van der Waals surface area contributed by atoms with Crippen LogP contribution < -0.4 is 14.2 Å². The lowest BCUT2D eigenvalue weighted by atomic mass is 10.0. The lowest BCUT2D eigenvalue weighted by Gasteiger charge is -2.11. The van der Waals surface area contributed by atoms with Gasteiger partial charge in [0.25, 0.3) is 0 Å². The lowest BCUT2D eigenvalue weighted by molar-refractivity contribution is 0.353. The van der Waals surface area contributed by atoms with Gasteiger partial charge < -0.3 is 14.2 Å². The summed E-state index contributed by atoms with van der Waals surface area (Å²) in [5, 5.41) is 13.9. The van der Waals surface area contributed by atoms with Gasteiger partial charge in [0.1, 0.15) is 11.8 Å². The number of rotatable bonds is 6. The number of aromatic nitrogens is 5. The fourth-order valence-electron chi connectivity index (χ4n) is 4.06. The van der Waals surface area contributed by atoms with Gasteiger partial charge in [0.15, 0.2) is 5.65 Å². The first-order valence-electron chi connectivity index (χ1n) is 10.0. The smallest absolute Gasteiger partial charge is 0.319 e. The average Bonchev–Trinajstić information content (AvgIpc) is 3.50. The Morgan fingerprint density at radius 3 is 2.69 bits per heavy atom. The Labute approximate surface area is 184 Å². The summed E-state index contributed by atoms with van der Waals surface area (Å²) in [4.78, 5) is 13.0. The number of fused-ring (bicyclic) bond motifs is 1. The highest BCUT2D eigenvalue weighted by molar-refractivity contribution is 5.68. The molecule has 9 nitrogen and oxygen atoms in total. The van der Waals surface area contributed by atoms with E-state index in [1.807, 2.05) is 30.5 Å². The maximum absolute atomic E-state index is 9.26. The van der Waals surface area contributed by atoms with Gasteiger partial charge in [-0.2, -0.15) is 15.3 Å². The zero-order chi connectivity index (χ0) is 22.2. The number of hydrogen-bond acceptors (Lipinski definition) is 8. The van der Waals surface area contributed by atoms with E-state index in [0.717, 1.165) is 23.2 Å². The van der Waals surface area contributed by atoms with Crippen molar-refractivity contribution < 1.29 is 14.2 Å². The van der Waals surface area contributed by atoms with Crippen molar-refractivity contribution in [2.75, 3.05) is 21.3 Å². The van der Waals surface area contributed by atoms with Crippen LogP contribution in [0.1, 0.15) is 34.9 Å². The van der Waals surface area contributed by atoms with Crippen LogP contribution in [0, 0.1) is 11.3 Å². The second kappa shape index (κ2) is 7.81. The van der Waals surface area contributed by atoms with Crippen LogP contribution in [0.15, 0.2) is 42.9 Å². The summed E-state index contributed by atoms with van der Waals surface area (Å²) in [6.45, 7) is 0. The Morgan fingerprint density at radius 2 is 1.94 bits per heavy atom. The first-order valence-corrected chi connectivity index (χ1v) is 10.0. The zero-order valence-corrected chi connectivity index (χ0v) is 17.8. The monoisotopic (exact) mass is 428 g/mol. The van der Waals surface area contributed by atoms with E-state index < -0.39 is 0 Å². The predicted octanol–water partition coefficient (Wildman–Crippen LogP) is 3.35. The minimum atomic E-state index is 0.228. The van der Waals surface area contributed by atoms with E-state index in [2.05, 4.69) is 26.1 Å². The van der Waals surface area contributed by atoms with E-state index in [9.17, 15) is 5.26 Å². The first kappa shape index (κ1) is 19.8. The molecule has 0 radical (unpaired) electrons. The molecule has 2 atom stereocenters. The maximum Gasteiger partial charge on any atom is 0.319 e. The number of imidazole rings is 1. The fraction of sp³-hybridized carbons (Fsp3) is 0.261. The second-order valence-electron chi connectivity index (χ2n) is 7.48. The van der Waals surface area contributed by atoms with Gasteiger partial charge in [0, 0.05) is 24.2 Å². The number of nitriles is 1. The van der Waals surface area contributed by atoms with Crippen LogP contribution in [0.25, 0.3) is 16.9 Å². The van der Waals surface area contributed by atoms with Gasteiger partial charge in [-0.05, 0) is 42.0 Å². The molecule has 1 aliphatic rings. The molecule has 4 aromatic rings. The summed E-state index contributed by atoms with van der Waals surface area (Å²) in [5.74, 6) is 1.56. The highest BCUT2D eigenvalue weighted by Gasteiger charge is 2.41. The Morgan fingerprint density at radius 1 is 1.06 bits per heavy atom. The van der Waals surface area contributed by atoms with E-state index in [0.29, 0.717) is 34.4 Å². The Bertz CT molecular complexity index is 1360. The fourth-order valence-corrected chi connectivity index (χ4v) is 4.06. The van der Waals surface area contributed by atoms with Crippen LogP contribution in [-0.4, -0.2) is 45.9 Å². The third kappa shape index (κ3) is 3.26. The van der Waals surface area contributed by atoms with Crippen LogP contribution in [-0.2, 0) is 0 Å². The summed E-state index contributed by atoms with van der Waals surface area (Å²) in [5.41, 5.74) is 4.93. The molecule has 1 fully saturated rings. The molecule has 0 aliphatic heterocycles. The molecule has 1 saturated carbocycles. The Balaban J connectivity index is 1.55. The van der Waals surface area contributed by atoms with Crippen molar-refractivity contribution in [3.05, 3.63) is 59.5 Å². The summed E-state index contributed by atoms with van der Waals surface area (Å²) in [7, 11) is 4.64. The van der Waals surface area contributed by atoms with Gasteiger partial charge in [-0.3, -0.25) is 0 Å². The van der Waals surface area contributed by atoms with Gasteiger partial charge in [0.05, 0.1) is 38.2 Å². The average molecular weight is 428 g/mol. The largest absolute Gasteiger partial charge is 0.495 e. The van der Waals surface area contributed by atoms with Crippen molar-refractivity contribution in [3.8, 4) is 35.0 Å². The van der Waals surface area contributed by atoms with Crippen molar-refractivity contribution in [1.29, 1.82) is 5.26 Å². The van der Waals surface area contributed by atoms with E-state index in [4.69, 9.17) is 14.2 Å². The van der Waals surface area contributed by atoms with E-state index in [-0.39, 0.29) is 11.9 Å². The molecule has 0 amide bonds. The minimum absolute atomic E-state index is 0.228. The van der Waals surface area contributed by atoms with Gasteiger partial charge in [-0.1, -0.05) is 6.07 Å². The summed E-state index contributed by atoms with van der Waals surface area (Å²) < 4.78 is 17.7. The molecule has 0 saturated heterocycles. The van der Waals surface area contributed by atoms with Gasteiger partial charge >= 0.3 is 6.01 Å². The Hall–Kier alpha value is -4.19. The van der Waals surface area contributed by atoms with Crippen LogP contribution in [0.3, 0.4) is 0 Å².